The summed E-state index contributed by atoms with van der Waals surface area (Å²) in [6.07, 6.45) is 44.4. The van der Waals surface area contributed by atoms with E-state index < -0.39 is 10.0 Å². The number of carbonyl (C=O) groups excluding carboxylic acids is 6. The van der Waals surface area contributed by atoms with Crippen molar-refractivity contribution >= 4 is 186 Å². The fraction of sp³-hybridized carbons (Fsp3) is 0.703. The lowest BCUT2D eigenvalue weighted by molar-refractivity contribution is -0.147. The van der Waals surface area contributed by atoms with Gasteiger partial charge in [-0.3, -0.25) is 28.8 Å². The molecule has 3 fully saturated rings. The van der Waals surface area contributed by atoms with Crippen LogP contribution in [0.3, 0.4) is 0 Å². The van der Waals surface area contributed by atoms with Crippen LogP contribution in [0.2, 0.25) is 0 Å². The third-order valence-corrected chi connectivity index (χ3v) is 20.1. The number of Topliss-reactive ketones (excluding diaryl/α,β-unsaturated/α-hetero) is 1. The zero-order valence-corrected chi connectivity index (χ0v) is 75.8. The molecular weight excluding hydrogens is 1540 g/mol. The van der Waals surface area contributed by atoms with E-state index in [1.54, 1.807) is 54.0 Å². The van der Waals surface area contributed by atoms with Gasteiger partial charge in [0.15, 0.2) is 0 Å². The number of esters is 4. The SMILES string of the molecule is C#CCSC.CCCCOC(=O)CSC.CCCOC(=O)CSC.CCSC.CSCC(=O)OC(C)C.CSCC(=O)OC1CCCCC1.CSCC(C)=O.CSCCNC(C)=O.CSCCc1ccccc1.CS[C@@H]1CN[C@H](CNS(C)(=O)=O)C1.CSc1c[nH]c2ccccc12.C[C@H]1CCCO1. The number of para-hydroxylation sites is 1. The number of benzene rings is 2. The van der Waals surface area contributed by atoms with Crippen LogP contribution in [0.4, 0.5) is 0 Å². The summed E-state index contributed by atoms with van der Waals surface area (Å²) in [5, 5.41) is 7.92. The number of unbranched alkanes of at least 4 members (excludes halogenated alkanes) is 1. The molecule has 0 unspecified atom stereocenters. The highest BCUT2D eigenvalue weighted by Gasteiger charge is 2.23. The predicted molar refractivity (Wildman–Crippen MR) is 472 cm³/mol. The maximum absolute atomic E-state index is 11.1. The molecule has 0 bridgehead atoms. The Morgan fingerprint density at radius 3 is 1.63 bits per heavy atom. The molecule has 3 atom stereocenters. The molecule has 4 N–H and O–H groups in total. The van der Waals surface area contributed by atoms with E-state index >= 15 is 0 Å². The maximum atomic E-state index is 11.1. The zero-order chi connectivity index (χ0) is 79.2. The molecule has 3 aromatic rings. The minimum absolute atomic E-state index is 0.0182. The predicted octanol–water partition coefficient (Wildman–Crippen LogP) is 16.6. The molecule has 29 heteroatoms. The zero-order valence-electron chi connectivity index (χ0n) is 66.0. The van der Waals surface area contributed by atoms with Crippen LogP contribution in [0.15, 0.2) is 65.7 Å². The summed E-state index contributed by atoms with van der Waals surface area (Å²) in [5.41, 5.74) is 2.66. The van der Waals surface area contributed by atoms with Crippen molar-refractivity contribution in [2.75, 3.05) is 166 Å². The Morgan fingerprint density at radius 2 is 1.22 bits per heavy atom. The lowest BCUT2D eigenvalue weighted by Crippen LogP contribution is -2.36. The van der Waals surface area contributed by atoms with Crippen LogP contribution < -0.4 is 15.4 Å². The number of fused-ring (bicyclic) bond motifs is 1. The third-order valence-electron chi connectivity index (χ3n) is 12.5. The van der Waals surface area contributed by atoms with Gasteiger partial charge < -0.3 is 39.3 Å². The van der Waals surface area contributed by atoms with Crippen LogP contribution >= 0.6 is 129 Å². The molecule has 0 radical (unpaired) electrons. The first-order valence-electron chi connectivity index (χ1n) is 34.5. The molecule has 1 aliphatic carbocycles. The molecule has 2 aromatic carbocycles. The number of carbonyl (C=O) groups is 6. The van der Waals surface area contributed by atoms with Crippen LogP contribution in [-0.2, 0) is 68.9 Å². The van der Waals surface area contributed by atoms with E-state index in [0.29, 0.717) is 65.9 Å². The van der Waals surface area contributed by atoms with Gasteiger partial charge >= 0.3 is 23.9 Å². The van der Waals surface area contributed by atoms with Crippen LogP contribution in [0.25, 0.3) is 10.9 Å². The van der Waals surface area contributed by atoms with Gasteiger partial charge in [0.25, 0.3) is 0 Å². The first-order chi connectivity index (χ1) is 49.2. The normalized spacial score (nSPS) is 14.3. The number of sulfonamides is 1. The van der Waals surface area contributed by atoms with Gasteiger partial charge in [0, 0.05) is 72.2 Å². The highest BCUT2D eigenvalue weighted by molar-refractivity contribution is 8.01. The minimum Gasteiger partial charge on any atom is -0.465 e. The van der Waals surface area contributed by atoms with Gasteiger partial charge in [0.1, 0.15) is 11.9 Å². The van der Waals surface area contributed by atoms with E-state index in [-0.39, 0.29) is 47.8 Å². The number of thioether (sulfide) groups is 11. The lowest BCUT2D eigenvalue weighted by atomic mass is 9.98. The average molecular weight is 1670 g/mol. The van der Waals surface area contributed by atoms with Crippen molar-refractivity contribution in [1.29, 1.82) is 0 Å². The van der Waals surface area contributed by atoms with E-state index in [4.69, 9.17) is 30.1 Å². The number of hydrogen-bond donors (Lipinski definition) is 4. The number of aromatic nitrogens is 1. The van der Waals surface area contributed by atoms with Crippen molar-refractivity contribution in [2.24, 2.45) is 0 Å². The summed E-state index contributed by atoms with van der Waals surface area (Å²) in [4.78, 5) is 67.7. The van der Waals surface area contributed by atoms with Crippen molar-refractivity contribution in [2.45, 2.75) is 167 Å². The van der Waals surface area contributed by atoms with Crippen LogP contribution in [-0.4, -0.2) is 245 Å². The summed E-state index contributed by atoms with van der Waals surface area (Å²) >= 11 is 18.3. The van der Waals surface area contributed by atoms with Gasteiger partial charge in [-0.15, -0.1) is 18.2 Å². The Balaban J connectivity index is -0.000000252. The fourth-order valence-corrected chi connectivity index (χ4v) is 11.9. The number of aryl methyl sites for hydroxylation is 1. The van der Waals surface area contributed by atoms with E-state index in [1.165, 1.54) is 132 Å². The average Bonchev–Trinajstić information content (AvgIpc) is 1.71. The molecule has 3 aliphatic rings. The van der Waals surface area contributed by atoms with Gasteiger partial charge in [-0.1, -0.05) is 88.1 Å². The van der Waals surface area contributed by atoms with E-state index in [9.17, 15) is 37.2 Å². The summed E-state index contributed by atoms with van der Waals surface area (Å²) in [5.74, 6) is 9.26. The van der Waals surface area contributed by atoms with Crippen molar-refractivity contribution in [3.05, 3.63) is 66.4 Å². The summed E-state index contributed by atoms with van der Waals surface area (Å²) in [6.45, 7) is 19.5. The standard InChI is InChI=1S/C9H9NS.C9H16O2S.C9H12S.C7H16N2O2S2.C7H14O2S.2C6H12O2S.C5H11NOS.C5H10O.C4H8OS.C4H6S.C3H8S/c1-11-9-6-10-8-5-3-2-4-7(8)9;1-12-7-9(10)11-8-5-3-2-4-6-8;1-10-8-7-9-5-3-2-4-6-9;1-12-7-3-6(8-5-7)4-9-13(2,10)11;1-3-4-5-9-7(8)6-10-2;1-5(2)8-6(7)4-9-3;1-3-4-8-6(7)5-9-2;1-5(7)6-3-4-8-2;1-5-3-2-4-6-5;1-4(5)3-6-2;1-3-4-5-2;1-3-4-2/h2-6,10H,1H3;8H,2-7H2,1H3;2-6H,7-8H2,1H3;6-9H,3-5H2,1-2H3;3-6H2,1-2H3;5H,4H2,1-3H3;3-5H2,1-2H3;3-4H2,1-2H3,(H,6,7);5H,2-4H2,1H3;3H2,1-2H3;1H,4H2,2H3;3H2,1-2H3/t;;;6-,7-;;;;;5-;;;/m...0....0.../s1. The third kappa shape index (κ3) is 89.0. The Kier molecular flexibility index (Phi) is 93.5. The first kappa shape index (κ1) is 112. The lowest BCUT2D eigenvalue weighted by Gasteiger charge is -2.21. The largest absolute Gasteiger partial charge is 0.465 e. The topological polar surface area (TPSA) is 235 Å². The number of ketones is 1. The van der Waals surface area contributed by atoms with Gasteiger partial charge in [0.2, 0.25) is 15.9 Å². The number of amides is 1. The summed E-state index contributed by atoms with van der Waals surface area (Å²) in [6, 6.07) is 19.2. The van der Waals surface area contributed by atoms with Crippen LogP contribution in [0, 0.1) is 12.3 Å². The second-order valence-electron chi connectivity index (χ2n) is 22.4. The highest BCUT2D eigenvalue weighted by Crippen LogP contribution is 2.25. The van der Waals surface area contributed by atoms with Gasteiger partial charge in [0.05, 0.1) is 66.2 Å². The number of nitrogens with one attached hydrogen (secondary N) is 4. The van der Waals surface area contributed by atoms with Crippen molar-refractivity contribution in [1.82, 2.24) is 20.3 Å². The quantitative estimate of drug-likeness (QED) is 0.0160. The number of hydrogen-bond acceptors (Lipinski definition) is 25. The number of H-pyrrole nitrogens is 1. The molecule has 600 valence electrons. The summed E-state index contributed by atoms with van der Waals surface area (Å²) < 4.78 is 49.0. The Morgan fingerprint density at radius 1 is 0.670 bits per heavy atom. The Labute approximate surface area is 673 Å². The molecule has 0 spiro atoms. The number of aromatic amines is 1. The van der Waals surface area contributed by atoms with E-state index in [2.05, 4.69) is 127 Å². The Hall–Kier alpha value is -1.76. The smallest absolute Gasteiger partial charge is 0.316 e. The number of ether oxygens (including phenoxy) is 5. The molecule has 1 saturated carbocycles. The van der Waals surface area contributed by atoms with Gasteiger partial charge in [-0.25, -0.2) is 13.1 Å². The monoisotopic (exact) mass is 1670 g/mol. The summed E-state index contributed by atoms with van der Waals surface area (Å²) in [7, 11) is -3.03. The molecule has 1 amide bonds. The van der Waals surface area contributed by atoms with Gasteiger partial charge in [-0.2, -0.15) is 118 Å². The van der Waals surface area contributed by atoms with Gasteiger partial charge in [-0.05, 0) is 184 Å². The second kappa shape index (κ2) is 85.8. The molecule has 2 aliphatic heterocycles. The minimum atomic E-state index is -3.03. The molecule has 6 rings (SSSR count). The Bertz CT molecular complexity index is 2560. The maximum Gasteiger partial charge on any atom is 0.316 e. The molecular formula is C74H134N4O13S12. The number of rotatable bonds is 30. The molecule has 103 heavy (non-hydrogen) atoms. The number of terminal acetylenes is 1. The molecule has 3 heterocycles. The van der Waals surface area contributed by atoms with Crippen molar-refractivity contribution in [3.8, 4) is 12.3 Å². The van der Waals surface area contributed by atoms with Crippen LogP contribution in [0.1, 0.15) is 132 Å². The molecule has 1 aromatic heterocycles. The molecule has 17 nitrogen and oxygen atoms in total. The second-order valence-corrected chi connectivity index (χ2v) is 34.6. The van der Waals surface area contributed by atoms with E-state index in [0.717, 1.165) is 69.7 Å². The fourth-order valence-electron chi connectivity index (χ4n) is 7.60. The van der Waals surface area contributed by atoms with Crippen molar-refractivity contribution in [3.63, 3.8) is 0 Å². The highest BCUT2D eigenvalue weighted by atomic mass is 32.2. The van der Waals surface area contributed by atoms with E-state index in [1.807, 2.05) is 106 Å². The molecule has 2 saturated heterocycles. The van der Waals surface area contributed by atoms with Crippen LogP contribution in [0.5, 0.6) is 0 Å². The first-order valence-corrected chi connectivity index (χ1v) is 51.4. The van der Waals surface area contributed by atoms with Crippen molar-refractivity contribution < 1.29 is 60.9 Å².